The fraction of sp³-hybridized carbons (Fsp3) is 0.522. The van der Waals surface area contributed by atoms with Crippen LogP contribution >= 0.6 is 33.9 Å². The predicted octanol–water partition coefficient (Wildman–Crippen LogP) is 5.85. The van der Waals surface area contributed by atoms with Crippen molar-refractivity contribution < 1.29 is 14.6 Å². The second-order valence-electron chi connectivity index (χ2n) is 8.82. The van der Waals surface area contributed by atoms with Crippen LogP contribution < -0.4 is 15.4 Å². The van der Waals surface area contributed by atoms with Crippen LogP contribution in [0.5, 0.6) is 11.5 Å². The zero-order chi connectivity index (χ0) is 21.6. The number of halogens is 1. The summed E-state index contributed by atoms with van der Waals surface area (Å²) >= 11 is 3.83. The van der Waals surface area contributed by atoms with E-state index < -0.39 is 0 Å². The minimum absolute atomic E-state index is 0.0134. The lowest BCUT2D eigenvalue weighted by Crippen LogP contribution is -2.38. The second-order valence-corrected chi connectivity index (χ2v) is 11.1. The summed E-state index contributed by atoms with van der Waals surface area (Å²) in [7, 11) is 0. The number of phenols is 1. The van der Waals surface area contributed by atoms with Gasteiger partial charge >= 0.3 is 0 Å². The molecular weight excluding hydrogens is 511 g/mol. The number of hydrogen-bond donors (Lipinski definition) is 3. The molecule has 2 unspecified atom stereocenters. The molecule has 162 valence electrons. The molecule has 1 amide bonds. The van der Waals surface area contributed by atoms with E-state index >= 15 is 0 Å². The summed E-state index contributed by atoms with van der Waals surface area (Å²) < 4.78 is 6.27. The summed E-state index contributed by atoms with van der Waals surface area (Å²) in [6.07, 6.45) is 3.99. The van der Waals surface area contributed by atoms with Gasteiger partial charge in [0.05, 0.1) is 15.7 Å². The van der Waals surface area contributed by atoms with Crippen molar-refractivity contribution in [2.45, 2.75) is 59.5 Å². The molecule has 0 spiro atoms. The fourth-order valence-corrected chi connectivity index (χ4v) is 6.42. The number of phenolic OH excluding ortho intramolecular Hbond substituents is 1. The molecule has 1 aromatic carbocycles. The lowest BCUT2D eigenvalue weighted by atomic mass is 9.69. The van der Waals surface area contributed by atoms with Crippen LogP contribution in [-0.2, 0) is 12.8 Å². The standard InChI is InChI=1S/C23H29IN2O3S/c1-5-23(3,4)13-7-8-14-17(11-13)30-22-18(14)21(28)25-20(26-22)12-9-15(24)19(27)16(10-12)29-6-2/h9-10,13,20,26-27H,5-8,11H2,1-4H3,(H,25,28). The van der Waals surface area contributed by atoms with E-state index in [0.29, 0.717) is 27.3 Å². The third-order valence-corrected chi connectivity index (χ3v) is 8.75. The van der Waals surface area contributed by atoms with Crippen molar-refractivity contribution in [2.24, 2.45) is 11.3 Å². The smallest absolute Gasteiger partial charge is 0.256 e. The highest BCUT2D eigenvalue weighted by atomic mass is 127. The molecule has 2 heterocycles. The average molecular weight is 540 g/mol. The Morgan fingerprint density at radius 1 is 1.30 bits per heavy atom. The Balaban J connectivity index is 1.64. The number of amides is 1. The molecule has 0 saturated heterocycles. The molecule has 2 atom stereocenters. The SMILES string of the molecule is CCOc1cc(C2NC(=O)c3c(sc4c3CCC(C(C)(C)CC)C4)N2)cc(I)c1O. The Morgan fingerprint density at radius 3 is 2.77 bits per heavy atom. The minimum atomic E-state index is -0.346. The topological polar surface area (TPSA) is 70.6 Å². The molecule has 2 aliphatic rings. The first-order valence-corrected chi connectivity index (χ1v) is 12.5. The lowest BCUT2D eigenvalue weighted by molar-refractivity contribution is 0.0934. The van der Waals surface area contributed by atoms with Crippen molar-refractivity contribution in [2.75, 3.05) is 11.9 Å². The average Bonchev–Trinajstić information content (AvgIpc) is 3.09. The van der Waals surface area contributed by atoms with E-state index in [4.69, 9.17) is 4.74 Å². The number of benzene rings is 1. The molecule has 2 aromatic rings. The number of rotatable bonds is 5. The van der Waals surface area contributed by atoms with E-state index in [2.05, 4.69) is 54.0 Å². The van der Waals surface area contributed by atoms with Crippen LogP contribution in [0.15, 0.2) is 12.1 Å². The first-order valence-electron chi connectivity index (χ1n) is 10.6. The number of carbonyl (C=O) groups is 1. The molecule has 0 saturated carbocycles. The number of anilines is 1. The highest BCUT2D eigenvalue weighted by Gasteiger charge is 2.37. The van der Waals surface area contributed by atoms with Gasteiger partial charge < -0.3 is 20.5 Å². The fourth-order valence-electron chi connectivity index (χ4n) is 4.45. The Morgan fingerprint density at radius 2 is 2.07 bits per heavy atom. The molecule has 1 aromatic heterocycles. The summed E-state index contributed by atoms with van der Waals surface area (Å²) in [6, 6.07) is 3.69. The zero-order valence-corrected chi connectivity index (χ0v) is 20.9. The number of thiophene rings is 1. The summed E-state index contributed by atoms with van der Waals surface area (Å²) in [4.78, 5) is 14.4. The Labute approximate surface area is 195 Å². The van der Waals surface area contributed by atoms with E-state index in [0.717, 1.165) is 35.4 Å². The van der Waals surface area contributed by atoms with Crippen molar-refractivity contribution in [3.63, 3.8) is 0 Å². The van der Waals surface area contributed by atoms with Crippen LogP contribution in [0.4, 0.5) is 5.00 Å². The monoisotopic (exact) mass is 540 g/mol. The predicted molar refractivity (Wildman–Crippen MR) is 130 cm³/mol. The van der Waals surface area contributed by atoms with Gasteiger partial charge in [-0.05, 0) is 83.4 Å². The first-order chi connectivity index (χ1) is 14.2. The third-order valence-electron chi connectivity index (χ3n) is 6.74. The van der Waals surface area contributed by atoms with E-state index in [9.17, 15) is 9.90 Å². The van der Waals surface area contributed by atoms with Gasteiger partial charge in [0.15, 0.2) is 11.5 Å². The molecule has 0 fully saturated rings. The summed E-state index contributed by atoms with van der Waals surface area (Å²) in [5.74, 6) is 1.22. The van der Waals surface area contributed by atoms with E-state index in [1.54, 1.807) is 17.4 Å². The van der Waals surface area contributed by atoms with Crippen molar-refractivity contribution in [1.29, 1.82) is 0 Å². The van der Waals surface area contributed by atoms with Crippen molar-refractivity contribution in [1.82, 2.24) is 5.32 Å². The van der Waals surface area contributed by atoms with E-state index in [-0.39, 0.29) is 17.8 Å². The Kier molecular flexibility index (Phi) is 5.96. The lowest BCUT2D eigenvalue weighted by Gasteiger charge is -2.36. The van der Waals surface area contributed by atoms with E-state index in [1.807, 2.05) is 13.0 Å². The molecular formula is C23H29IN2O3S. The zero-order valence-electron chi connectivity index (χ0n) is 17.9. The van der Waals surface area contributed by atoms with Gasteiger partial charge in [0.2, 0.25) is 0 Å². The van der Waals surface area contributed by atoms with Crippen LogP contribution in [0.3, 0.4) is 0 Å². The van der Waals surface area contributed by atoms with Crippen LogP contribution in [0.2, 0.25) is 0 Å². The van der Waals surface area contributed by atoms with Crippen LogP contribution in [0.25, 0.3) is 0 Å². The highest BCUT2D eigenvalue weighted by molar-refractivity contribution is 14.1. The number of ether oxygens (including phenoxy) is 1. The molecule has 7 heteroatoms. The summed E-state index contributed by atoms with van der Waals surface area (Å²) in [6.45, 7) is 9.34. The maximum Gasteiger partial charge on any atom is 0.256 e. The highest BCUT2D eigenvalue weighted by Crippen LogP contribution is 2.47. The van der Waals surface area contributed by atoms with Crippen LogP contribution in [0, 0.1) is 14.9 Å². The third kappa shape index (κ3) is 3.79. The quantitative estimate of drug-likeness (QED) is 0.416. The van der Waals surface area contributed by atoms with Gasteiger partial charge in [-0.15, -0.1) is 11.3 Å². The summed E-state index contributed by atoms with van der Waals surface area (Å²) in [5, 5.41) is 17.8. The maximum absolute atomic E-state index is 13.1. The van der Waals surface area contributed by atoms with Gasteiger partial charge in [0.25, 0.3) is 5.91 Å². The number of hydrogen-bond acceptors (Lipinski definition) is 5. The van der Waals surface area contributed by atoms with Crippen molar-refractivity contribution in [3.8, 4) is 11.5 Å². The molecule has 0 radical (unpaired) electrons. The minimum Gasteiger partial charge on any atom is -0.504 e. The number of fused-ring (bicyclic) bond motifs is 3. The van der Waals surface area contributed by atoms with Gasteiger partial charge in [0.1, 0.15) is 11.2 Å². The summed E-state index contributed by atoms with van der Waals surface area (Å²) in [5.41, 5.74) is 3.25. The van der Waals surface area contributed by atoms with Crippen molar-refractivity contribution >= 4 is 44.8 Å². The van der Waals surface area contributed by atoms with E-state index in [1.165, 1.54) is 16.9 Å². The van der Waals surface area contributed by atoms with Gasteiger partial charge in [-0.25, -0.2) is 0 Å². The molecule has 3 N–H and O–H groups in total. The molecule has 1 aliphatic carbocycles. The first kappa shape index (κ1) is 21.7. The van der Waals surface area contributed by atoms with Crippen LogP contribution in [-0.4, -0.2) is 17.6 Å². The molecule has 4 rings (SSSR count). The molecule has 1 aliphatic heterocycles. The Hall–Kier alpha value is -1.48. The van der Waals surface area contributed by atoms with Gasteiger partial charge in [-0.1, -0.05) is 27.2 Å². The molecule has 0 bridgehead atoms. The van der Waals surface area contributed by atoms with Gasteiger partial charge in [-0.3, -0.25) is 4.79 Å². The number of carbonyl (C=O) groups excluding carboxylic acids is 1. The number of aromatic hydroxyl groups is 1. The largest absolute Gasteiger partial charge is 0.504 e. The van der Waals surface area contributed by atoms with Gasteiger partial charge in [-0.2, -0.15) is 0 Å². The maximum atomic E-state index is 13.1. The normalized spacial score (nSPS) is 20.8. The van der Waals surface area contributed by atoms with Crippen LogP contribution in [0.1, 0.15) is 73.1 Å². The van der Waals surface area contributed by atoms with Crippen molar-refractivity contribution in [3.05, 3.63) is 37.3 Å². The second kappa shape index (κ2) is 8.22. The van der Waals surface area contributed by atoms with Gasteiger partial charge in [0, 0.05) is 4.88 Å². The molecule has 5 nitrogen and oxygen atoms in total. The number of nitrogens with one attached hydrogen (secondary N) is 2. The Bertz CT molecular complexity index is 985. The molecule has 30 heavy (non-hydrogen) atoms.